The summed E-state index contributed by atoms with van der Waals surface area (Å²) in [6.45, 7) is 5.78. The molecule has 0 bridgehead atoms. The van der Waals surface area contributed by atoms with Crippen LogP contribution in [0.4, 0.5) is 5.69 Å². The van der Waals surface area contributed by atoms with Gasteiger partial charge in [0.15, 0.2) is 0 Å². The number of rotatable bonds is 4. The van der Waals surface area contributed by atoms with Crippen molar-refractivity contribution in [1.29, 1.82) is 0 Å². The van der Waals surface area contributed by atoms with E-state index < -0.39 is 0 Å². The van der Waals surface area contributed by atoms with Crippen LogP contribution in [0.5, 0.6) is 0 Å². The minimum Gasteiger partial charge on any atom is -0.322 e. The standard InChI is InChI=1S/C25H24N4O2/c1-18(19-10-12-20(13-11-19)29(30)31)26-28-16-14-27(15-17-28)25-23-8-4-2-6-21(23)22-7-3-5-9-24(22)25/h2-13,25H,14-17H2,1H3/p+1/b26-18+. The van der Waals surface area contributed by atoms with Gasteiger partial charge in [0.05, 0.1) is 36.8 Å². The quantitative estimate of drug-likeness (QED) is 0.406. The molecule has 3 aromatic rings. The minimum atomic E-state index is -0.377. The number of nitro benzene ring substituents is 1. The van der Waals surface area contributed by atoms with E-state index >= 15 is 0 Å². The van der Waals surface area contributed by atoms with Gasteiger partial charge in [0.1, 0.15) is 6.04 Å². The van der Waals surface area contributed by atoms with Gasteiger partial charge >= 0.3 is 0 Å². The van der Waals surface area contributed by atoms with E-state index in [0.717, 1.165) is 37.5 Å². The Hall–Kier alpha value is -3.51. The van der Waals surface area contributed by atoms with Crippen LogP contribution in [0, 0.1) is 10.1 Å². The first-order valence-electron chi connectivity index (χ1n) is 10.7. The Labute approximate surface area is 181 Å². The number of hydrogen-bond donors (Lipinski definition) is 1. The second kappa shape index (κ2) is 7.96. The number of non-ortho nitro benzene ring substituents is 1. The van der Waals surface area contributed by atoms with Crippen molar-refractivity contribution < 1.29 is 9.82 Å². The van der Waals surface area contributed by atoms with Gasteiger partial charge in [-0.15, -0.1) is 0 Å². The van der Waals surface area contributed by atoms with Crippen LogP contribution in [0.3, 0.4) is 0 Å². The summed E-state index contributed by atoms with van der Waals surface area (Å²) >= 11 is 0. The SMILES string of the molecule is C/C(=N\N1CC[NH+](C2c3ccccc3-c3ccccc32)CC1)c1ccc([N+](=O)[O-])cc1. The highest BCUT2D eigenvalue weighted by atomic mass is 16.6. The summed E-state index contributed by atoms with van der Waals surface area (Å²) in [5.41, 5.74) is 7.49. The fourth-order valence-corrected chi connectivity index (χ4v) is 4.86. The molecule has 0 unspecified atom stereocenters. The molecule has 0 saturated carbocycles. The first-order chi connectivity index (χ1) is 15.1. The maximum atomic E-state index is 10.9. The van der Waals surface area contributed by atoms with Crippen molar-refractivity contribution in [2.45, 2.75) is 13.0 Å². The van der Waals surface area contributed by atoms with Crippen molar-refractivity contribution in [3.05, 3.63) is 99.6 Å². The van der Waals surface area contributed by atoms with Crippen molar-refractivity contribution in [3.63, 3.8) is 0 Å². The second-order valence-corrected chi connectivity index (χ2v) is 8.21. The molecule has 0 amide bonds. The molecule has 5 rings (SSSR count). The number of fused-ring (bicyclic) bond motifs is 3. The minimum absolute atomic E-state index is 0.103. The van der Waals surface area contributed by atoms with Gasteiger partial charge in [0, 0.05) is 23.3 Å². The molecule has 6 heteroatoms. The van der Waals surface area contributed by atoms with Crippen LogP contribution in [0.15, 0.2) is 77.9 Å². The summed E-state index contributed by atoms with van der Waals surface area (Å²) in [7, 11) is 0. The van der Waals surface area contributed by atoms with Gasteiger partial charge in [-0.2, -0.15) is 5.10 Å². The Balaban J connectivity index is 1.31. The molecule has 31 heavy (non-hydrogen) atoms. The first kappa shape index (κ1) is 19.5. The van der Waals surface area contributed by atoms with E-state index in [4.69, 9.17) is 5.10 Å². The number of nitrogens with one attached hydrogen (secondary N) is 1. The van der Waals surface area contributed by atoms with Crippen LogP contribution >= 0.6 is 0 Å². The molecule has 156 valence electrons. The number of nitrogens with zero attached hydrogens (tertiary/aromatic N) is 3. The Morgan fingerprint density at radius 2 is 1.48 bits per heavy atom. The lowest BCUT2D eigenvalue weighted by molar-refractivity contribution is -0.929. The third kappa shape index (κ3) is 3.59. The molecule has 1 aliphatic heterocycles. The number of hydrogen-bond acceptors (Lipinski definition) is 4. The molecule has 1 fully saturated rings. The zero-order chi connectivity index (χ0) is 21.4. The molecule has 2 aliphatic rings. The summed E-state index contributed by atoms with van der Waals surface area (Å²) < 4.78 is 0. The summed E-state index contributed by atoms with van der Waals surface area (Å²) in [4.78, 5) is 12.1. The molecular formula is C25H25N4O2+. The molecule has 1 aliphatic carbocycles. The highest BCUT2D eigenvalue weighted by Gasteiger charge is 2.37. The fourth-order valence-electron chi connectivity index (χ4n) is 4.86. The number of benzene rings is 3. The van der Waals surface area contributed by atoms with E-state index in [2.05, 4.69) is 53.5 Å². The lowest BCUT2D eigenvalue weighted by atomic mass is 10.0. The molecule has 0 atom stereocenters. The maximum absolute atomic E-state index is 10.9. The maximum Gasteiger partial charge on any atom is 0.269 e. The molecule has 1 saturated heterocycles. The van der Waals surface area contributed by atoms with Gasteiger partial charge in [0.2, 0.25) is 0 Å². The normalized spacial score (nSPS) is 16.8. The van der Waals surface area contributed by atoms with Gasteiger partial charge in [0.25, 0.3) is 5.69 Å². The largest absolute Gasteiger partial charge is 0.322 e. The van der Waals surface area contributed by atoms with Crippen molar-refractivity contribution >= 4 is 11.4 Å². The van der Waals surface area contributed by atoms with Gasteiger partial charge in [-0.1, -0.05) is 48.5 Å². The predicted octanol–water partition coefficient (Wildman–Crippen LogP) is 3.29. The van der Waals surface area contributed by atoms with Gasteiger partial charge in [-0.25, -0.2) is 0 Å². The van der Waals surface area contributed by atoms with Crippen LogP contribution in [0.1, 0.15) is 29.7 Å². The van der Waals surface area contributed by atoms with Crippen molar-refractivity contribution in [1.82, 2.24) is 5.01 Å². The van der Waals surface area contributed by atoms with Crippen molar-refractivity contribution in [2.24, 2.45) is 5.10 Å². The Morgan fingerprint density at radius 1 is 0.935 bits per heavy atom. The fraction of sp³-hybridized carbons (Fsp3) is 0.240. The van der Waals surface area contributed by atoms with Crippen LogP contribution in [0.2, 0.25) is 0 Å². The highest BCUT2D eigenvalue weighted by molar-refractivity contribution is 5.98. The van der Waals surface area contributed by atoms with Crippen molar-refractivity contribution in [3.8, 4) is 11.1 Å². The molecule has 3 aromatic carbocycles. The molecule has 0 aromatic heterocycles. The summed E-state index contributed by atoms with van der Waals surface area (Å²) in [5, 5.41) is 17.8. The highest BCUT2D eigenvalue weighted by Crippen LogP contribution is 2.41. The lowest BCUT2D eigenvalue weighted by Crippen LogP contribution is -3.14. The number of quaternary nitrogens is 1. The van der Waals surface area contributed by atoms with Crippen LogP contribution in [-0.2, 0) is 0 Å². The van der Waals surface area contributed by atoms with Crippen molar-refractivity contribution in [2.75, 3.05) is 26.2 Å². The number of hydrazone groups is 1. The third-order valence-electron chi connectivity index (χ3n) is 6.41. The number of piperazine rings is 1. The molecule has 1 N–H and O–H groups in total. The van der Waals surface area contributed by atoms with E-state index in [0.29, 0.717) is 6.04 Å². The smallest absolute Gasteiger partial charge is 0.269 e. The third-order valence-corrected chi connectivity index (χ3v) is 6.41. The average Bonchev–Trinajstić information content (AvgIpc) is 3.14. The van der Waals surface area contributed by atoms with Crippen LogP contribution < -0.4 is 4.90 Å². The van der Waals surface area contributed by atoms with Gasteiger partial charge in [-0.3, -0.25) is 15.1 Å². The monoisotopic (exact) mass is 413 g/mol. The zero-order valence-corrected chi connectivity index (χ0v) is 17.5. The van der Waals surface area contributed by atoms with Gasteiger partial charge in [-0.05, 0) is 35.7 Å². The summed E-state index contributed by atoms with van der Waals surface area (Å²) in [6, 6.07) is 24.6. The zero-order valence-electron chi connectivity index (χ0n) is 17.5. The van der Waals surface area contributed by atoms with E-state index in [9.17, 15) is 10.1 Å². The Kier molecular flexibility index (Phi) is 5.00. The number of nitro groups is 1. The predicted molar refractivity (Wildman–Crippen MR) is 121 cm³/mol. The van der Waals surface area contributed by atoms with E-state index in [1.165, 1.54) is 34.4 Å². The first-order valence-corrected chi connectivity index (χ1v) is 10.7. The van der Waals surface area contributed by atoms with E-state index in [-0.39, 0.29) is 10.6 Å². The lowest BCUT2D eigenvalue weighted by Gasteiger charge is -2.35. The summed E-state index contributed by atoms with van der Waals surface area (Å²) in [5.74, 6) is 0. The van der Waals surface area contributed by atoms with Crippen LogP contribution in [-0.4, -0.2) is 41.8 Å². The molecular weight excluding hydrogens is 388 g/mol. The van der Waals surface area contributed by atoms with Crippen LogP contribution in [0.25, 0.3) is 11.1 Å². The second-order valence-electron chi connectivity index (χ2n) is 8.21. The molecule has 0 spiro atoms. The summed E-state index contributed by atoms with van der Waals surface area (Å²) in [6.07, 6.45) is 0. The average molecular weight is 414 g/mol. The molecule has 6 nitrogen and oxygen atoms in total. The van der Waals surface area contributed by atoms with E-state index in [1.54, 1.807) is 17.0 Å². The van der Waals surface area contributed by atoms with Gasteiger partial charge < -0.3 is 4.90 Å². The topological polar surface area (TPSA) is 63.2 Å². The van der Waals surface area contributed by atoms with E-state index in [1.807, 2.05) is 6.92 Å². The molecule has 0 radical (unpaired) electrons. The Bertz CT molecular complexity index is 1100. The molecule has 1 heterocycles. The Morgan fingerprint density at radius 3 is 2.03 bits per heavy atom.